The smallest absolute Gasteiger partial charge is 0.794 e. The van der Waals surface area contributed by atoms with E-state index in [-0.39, 0.29) is 102 Å². The van der Waals surface area contributed by atoms with E-state index < -0.39 is 0 Å². The van der Waals surface area contributed by atoms with Crippen molar-refractivity contribution < 1.29 is 112 Å². The number of rotatable bonds is 3. The van der Waals surface area contributed by atoms with Gasteiger partial charge < -0.3 is 85.2 Å². The molecule has 2 fully saturated rings. The van der Waals surface area contributed by atoms with Crippen molar-refractivity contribution in [1.82, 2.24) is 0 Å². The van der Waals surface area contributed by atoms with E-state index in [0.29, 0.717) is 55.5 Å². The molecule has 0 spiro atoms. The van der Waals surface area contributed by atoms with E-state index >= 15 is 0 Å². The van der Waals surface area contributed by atoms with Gasteiger partial charge in [0, 0.05) is 26.4 Å². The third-order valence-electron chi connectivity index (χ3n) is 1.90. The molecule has 2 heterocycles. The summed E-state index contributed by atoms with van der Waals surface area (Å²) >= 11 is 26.7. The summed E-state index contributed by atoms with van der Waals surface area (Å²) in [6, 6.07) is 0. The van der Waals surface area contributed by atoms with Crippen LogP contribution >= 0.6 is 55.5 Å². The van der Waals surface area contributed by atoms with Gasteiger partial charge in [0.05, 0.1) is 0 Å². The Bertz CT molecular complexity index is 338. The Morgan fingerprint density at radius 3 is 0.339 bits per heavy atom. The van der Waals surface area contributed by atoms with Crippen molar-refractivity contribution in [2.45, 2.75) is 25.7 Å². The van der Waals surface area contributed by atoms with Crippen LogP contribution in [-0.2, 0) is 188 Å². The molecule has 2 rings (SSSR count). The van der Waals surface area contributed by atoms with E-state index in [9.17, 15) is 0 Å². The summed E-state index contributed by atoms with van der Waals surface area (Å²) in [6.45, 7) is 50.9. The molecule has 2 aliphatic heterocycles. The third kappa shape index (κ3) is 520. The molecule has 21 heteroatoms. The zero-order valence-electron chi connectivity index (χ0n) is 39.1. The molecule has 0 aromatic carbocycles. The molecule has 2 saturated heterocycles. The monoisotopic (exact) mass is 1330 g/mol. The van der Waals surface area contributed by atoms with Crippen molar-refractivity contribution in [3.05, 3.63) is 0 Å². The summed E-state index contributed by atoms with van der Waals surface area (Å²) in [5, 5.41) is 0. The first-order valence-corrected chi connectivity index (χ1v) is 39.0. The maximum atomic E-state index is 4.94. The third-order valence-corrected chi connectivity index (χ3v) is 3.90. The van der Waals surface area contributed by atoms with Gasteiger partial charge in [-0.25, -0.2) is 0 Å². The van der Waals surface area contributed by atoms with Crippen LogP contribution in [0.15, 0.2) is 0 Å². The van der Waals surface area contributed by atoms with Crippen LogP contribution in [-0.4, -0.2) is 201 Å². The average molecular weight is 1330 g/mol. The summed E-state index contributed by atoms with van der Waals surface area (Å²) in [6.07, 6.45) is 5.11. The van der Waals surface area contributed by atoms with Crippen LogP contribution in [0.1, 0.15) is 25.7 Å². The first-order valence-electron chi connectivity index (χ1n) is 16.8. The van der Waals surface area contributed by atoms with Crippen molar-refractivity contribution in [3.63, 3.8) is 0 Å². The quantitative estimate of drug-likeness (QED) is 0.156. The first-order chi connectivity index (χ1) is 22.9. The van der Waals surface area contributed by atoms with Crippen molar-refractivity contribution in [2.75, 3.05) is 201 Å². The van der Waals surface area contributed by atoms with Crippen molar-refractivity contribution in [2.24, 2.45) is 0 Å². The van der Waals surface area contributed by atoms with Gasteiger partial charge in [-0.2, -0.15) is 34.5 Å². The Balaban J connectivity index is -0.0000000221. The van der Waals surface area contributed by atoms with Gasteiger partial charge in [0.1, 0.15) is 0 Å². The molecule has 0 aliphatic carbocycles. The molecule has 0 radical (unpaired) electrons. The number of ether oxygens (including phenoxy) is 2. The van der Waals surface area contributed by atoms with E-state index in [2.05, 4.69) is 216 Å². The Kier molecular flexibility index (Phi) is 236. The molecular weight excluding hydrogens is 1240 g/mol. The van der Waals surface area contributed by atoms with Gasteiger partial charge in [0.2, 0.25) is 0 Å². The SMILES string of the molecule is C1CCOC1.C1CCOC1.CP(C)C.CP(C)C.CP(C)C.CP(C)C.CP(C)C.CP(C)C.CP(C)C.[Cu+].[Cu+].[Cu+].[Cu+].[Cu+].[Cu+].[S-]CC[S-].[S-]CC[S-].[S-]CC[S-]. The summed E-state index contributed by atoms with van der Waals surface area (Å²) in [4.78, 5) is 0. The minimum absolute atomic E-state index is 0. The fraction of sp³-hybridized carbons (Fsp3) is 1.00. The molecule has 0 unspecified atom stereocenters. The normalized spacial score (nSPS) is 10.4. The molecule has 0 atom stereocenters. The van der Waals surface area contributed by atoms with E-state index in [1.165, 1.54) is 25.7 Å². The zero-order valence-corrected chi connectivity index (χ0v) is 55.9. The molecule has 2 nitrogen and oxygen atoms in total. The standard InChI is InChI=1S/2C4H8O.7C3H9P.3C2H6S2.6Cu/c2*1-2-4-5-3-1;7*1-4(2)3;3*3-1-2-4;;;;;;/h2*1-4H2;7*1-3H3;3*3-4H,1-2H2;;;;;;/q;;;;;;;;;;;;6*+1/p-6. The summed E-state index contributed by atoms with van der Waals surface area (Å²) in [7, 11) is 2.66. The van der Waals surface area contributed by atoms with E-state index in [1.54, 1.807) is 0 Å². The van der Waals surface area contributed by atoms with Crippen LogP contribution in [0.3, 0.4) is 0 Å². The minimum Gasteiger partial charge on any atom is -0.794 e. The van der Waals surface area contributed by atoms with Gasteiger partial charge in [0.25, 0.3) is 0 Å². The molecule has 0 saturated carbocycles. The summed E-state index contributed by atoms with van der Waals surface area (Å²) in [5.74, 6) is 4.31. The van der Waals surface area contributed by atoms with E-state index in [4.69, 9.17) is 9.47 Å². The van der Waals surface area contributed by atoms with E-state index in [1.807, 2.05) is 0 Å². The predicted octanol–water partition coefficient (Wildman–Crippen LogP) is 11.3. The molecule has 0 N–H and O–H groups in total. The maximum Gasteiger partial charge on any atom is 1.00 e. The number of hydrogen-bond donors (Lipinski definition) is 0. The molecule has 0 amide bonds. The van der Waals surface area contributed by atoms with E-state index in [0.717, 1.165) is 60.9 Å². The van der Waals surface area contributed by atoms with Gasteiger partial charge in [-0.1, -0.05) is 0 Å². The Morgan fingerprint density at radius 1 is 0.250 bits per heavy atom. The minimum atomic E-state index is 0. The van der Waals surface area contributed by atoms with Crippen molar-refractivity contribution >= 4 is 131 Å². The van der Waals surface area contributed by atoms with Gasteiger partial charge in [-0.15, -0.1) is 55.5 Å². The molecular formula is C35H91Cu6O2P7S6. The van der Waals surface area contributed by atoms with Gasteiger partial charge in [-0.3, -0.25) is 0 Å². The van der Waals surface area contributed by atoms with Gasteiger partial charge in [-0.05, 0) is 166 Å². The van der Waals surface area contributed by atoms with Crippen LogP contribution in [0.5, 0.6) is 0 Å². The summed E-state index contributed by atoms with van der Waals surface area (Å²) < 4.78 is 9.89. The van der Waals surface area contributed by atoms with Crippen LogP contribution in [0.2, 0.25) is 0 Å². The molecule has 380 valence electrons. The second-order valence-electron chi connectivity index (χ2n) is 13.3. The van der Waals surface area contributed by atoms with Crippen LogP contribution in [0.25, 0.3) is 0 Å². The fourth-order valence-electron chi connectivity index (χ4n) is 1.02. The molecule has 2 aliphatic rings. The maximum absolute atomic E-state index is 4.94. The van der Waals surface area contributed by atoms with Gasteiger partial charge >= 0.3 is 102 Å². The molecule has 0 aromatic heterocycles. The molecule has 56 heavy (non-hydrogen) atoms. The second-order valence-corrected chi connectivity index (χ2v) is 34.5. The Labute approximate surface area is 463 Å². The zero-order chi connectivity index (χ0) is 42.4. The van der Waals surface area contributed by atoms with Gasteiger partial charge in [0.15, 0.2) is 0 Å². The Morgan fingerprint density at radius 2 is 0.321 bits per heavy atom. The second kappa shape index (κ2) is 120. The first kappa shape index (κ1) is 110. The van der Waals surface area contributed by atoms with Crippen molar-refractivity contribution in [3.8, 4) is 0 Å². The Hall–Kier alpha value is 8.15. The number of hydrogen-bond acceptors (Lipinski definition) is 8. The summed E-state index contributed by atoms with van der Waals surface area (Å²) in [5.41, 5.74) is 0. The van der Waals surface area contributed by atoms with Crippen LogP contribution in [0, 0.1) is 0 Å². The molecule has 0 bridgehead atoms. The van der Waals surface area contributed by atoms with Crippen LogP contribution in [0.4, 0.5) is 0 Å². The molecule has 0 aromatic rings. The predicted molar refractivity (Wildman–Crippen MR) is 286 cm³/mol. The topological polar surface area (TPSA) is 18.5 Å². The van der Waals surface area contributed by atoms with Crippen molar-refractivity contribution in [1.29, 1.82) is 0 Å². The average Bonchev–Trinajstić information content (AvgIpc) is 3.71. The largest absolute Gasteiger partial charge is 1.00 e. The van der Waals surface area contributed by atoms with Crippen LogP contribution < -0.4 is 0 Å². The fourth-order valence-corrected chi connectivity index (χ4v) is 1.02.